The lowest BCUT2D eigenvalue weighted by molar-refractivity contribution is 0.299. The summed E-state index contributed by atoms with van der Waals surface area (Å²) < 4.78 is 2.05. The summed E-state index contributed by atoms with van der Waals surface area (Å²) in [6, 6.07) is 11.3. The summed E-state index contributed by atoms with van der Waals surface area (Å²) in [6.07, 6.45) is 0.669. The van der Waals surface area contributed by atoms with Gasteiger partial charge in [0.15, 0.2) is 5.43 Å². The van der Waals surface area contributed by atoms with E-state index in [2.05, 4.69) is 0 Å². The molecule has 94 valence electrons. The zero-order valence-corrected chi connectivity index (χ0v) is 10.7. The number of nitrogens with zero attached hydrogens (tertiary/aromatic N) is 1. The van der Waals surface area contributed by atoms with Gasteiger partial charge in [0.2, 0.25) is 0 Å². The SMILES string of the molecule is Cc1cc(=O)cc(C)n1-c1ccc(CCO)cc1. The molecule has 0 aliphatic heterocycles. The molecule has 0 amide bonds. The Labute approximate surface area is 106 Å². The minimum atomic E-state index is 0.0400. The van der Waals surface area contributed by atoms with E-state index < -0.39 is 0 Å². The molecule has 0 saturated carbocycles. The van der Waals surface area contributed by atoms with Crippen LogP contribution in [-0.4, -0.2) is 16.3 Å². The third kappa shape index (κ3) is 2.51. The third-order valence-corrected chi connectivity index (χ3v) is 3.00. The van der Waals surface area contributed by atoms with Crippen molar-refractivity contribution in [2.24, 2.45) is 0 Å². The van der Waals surface area contributed by atoms with Crippen LogP contribution in [0.1, 0.15) is 17.0 Å². The van der Waals surface area contributed by atoms with E-state index in [1.54, 1.807) is 12.1 Å². The Morgan fingerprint density at radius 2 is 1.61 bits per heavy atom. The van der Waals surface area contributed by atoms with Gasteiger partial charge in [0.1, 0.15) is 0 Å². The average Bonchev–Trinajstić information content (AvgIpc) is 2.30. The second-order valence-corrected chi connectivity index (χ2v) is 4.45. The van der Waals surface area contributed by atoms with Crippen molar-refractivity contribution in [3.8, 4) is 5.69 Å². The second kappa shape index (κ2) is 5.19. The van der Waals surface area contributed by atoms with E-state index in [1.165, 1.54) is 0 Å². The molecule has 0 aliphatic rings. The van der Waals surface area contributed by atoms with Crippen molar-refractivity contribution in [1.82, 2.24) is 4.57 Å². The highest BCUT2D eigenvalue weighted by Gasteiger charge is 2.03. The smallest absolute Gasteiger partial charge is 0.182 e. The molecule has 1 aromatic heterocycles. The minimum Gasteiger partial charge on any atom is -0.396 e. The van der Waals surface area contributed by atoms with E-state index in [0.717, 1.165) is 22.6 Å². The minimum absolute atomic E-state index is 0.0400. The summed E-state index contributed by atoms with van der Waals surface area (Å²) in [4.78, 5) is 11.4. The number of aliphatic hydroxyl groups excluding tert-OH is 1. The van der Waals surface area contributed by atoms with Crippen LogP contribution in [0.4, 0.5) is 0 Å². The van der Waals surface area contributed by atoms with Gasteiger partial charge in [-0.1, -0.05) is 12.1 Å². The van der Waals surface area contributed by atoms with Crippen LogP contribution in [0.2, 0.25) is 0 Å². The maximum Gasteiger partial charge on any atom is 0.182 e. The first-order valence-electron chi connectivity index (χ1n) is 6.02. The number of aliphatic hydroxyl groups is 1. The molecule has 0 fully saturated rings. The number of aryl methyl sites for hydroxylation is 2. The molecule has 1 aromatic carbocycles. The molecule has 2 rings (SSSR count). The van der Waals surface area contributed by atoms with Gasteiger partial charge in [-0.15, -0.1) is 0 Å². The monoisotopic (exact) mass is 243 g/mol. The lowest BCUT2D eigenvalue weighted by Crippen LogP contribution is -2.11. The molecular weight excluding hydrogens is 226 g/mol. The highest BCUT2D eigenvalue weighted by Crippen LogP contribution is 2.14. The maximum absolute atomic E-state index is 11.4. The summed E-state index contributed by atoms with van der Waals surface area (Å²) in [5, 5.41) is 8.88. The molecule has 0 atom stereocenters. The normalized spacial score (nSPS) is 10.6. The highest BCUT2D eigenvalue weighted by atomic mass is 16.2. The molecule has 0 spiro atoms. The molecule has 2 aromatic rings. The predicted octanol–water partition coefficient (Wildman–Crippen LogP) is 1.99. The summed E-state index contributed by atoms with van der Waals surface area (Å²) in [7, 11) is 0. The molecule has 0 radical (unpaired) electrons. The van der Waals surface area contributed by atoms with Gasteiger partial charge in [0.05, 0.1) is 0 Å². The molecule has 0 bridgehead atoms. The van der Waals surface area contributed by atoms with Gasteiger partial charge in [-0.2, -0.15) is 0 Å². The molecule has 0 unspecified atom stereocenters. The molecule has 3 nitrogen and oxygen atoms in total. The summed E-state index contributed by atoms with van der Waals surface area (Å²) >= 11 is 0. The van der Waals surface area contributed by atoms with Crippen LogP contribution in [0, 0.1) is 13.8 Å². The van der Waals surface area contributed by atoms with Crippen molar-refractivity contribution in [1.29, 1.82) is 0 Å². The molecular formula is C15H17NO2. The molecule has 18 heavy (non-hydrogen) atoms. The predicted molar refractivity (Wildman–Crippen MR) is 72.3 cm³/mol. The van der Waals surface area contributed by atoms with Gasteiger partial charge < -0.3 is 9.67 Å². The van der Waals surface area contributed by atoms with Gasteiger partial charge in [0, 0.05) is 35.8 Å². The first-order chi connectivity index (χ1) is 8.61. The average molecular weight is 243 g/mol. The number of rotatable bonds is 3. The van der Waals surface area contributed by atoms with Crippen molar-refractivity contribution in [3.63, 3.8) is 0 Å². The van der Waals surface area contributed by atoms with Gasteiger partial charge >= 0.3 is 0 Å². The molecule has 3 heteroatoms. The molecule has 1 heterocycles. The Morgan fingerprint density at radius 1 is 1.06 bits per heavy atom. The van der Waals surface area contributed by atoms with E-state index in [-0.39, 0.29) is 12.0 Å². The Bertz CT molecular complexity index is 571. The lowest BCUT2D eigenvalue weighted by atomic mass is 10.1. The largest absolute Gasteiger partial charge is 0.396 e. The van der Waals surface area contributed by atoms with Crippen molar-refractivity contribution in [3.05, 3.63) is 63.6 Å². The fourth-order valence-corrected chi connectivity index (χ4v) is 2.21. The maximum atomic E-state index is 11.4. The summed E-state index contributed by atoms with van der Waals surface area (Å²) in [6.45, 7) is 4.02. The highest BCUT2D eigenvalue weighted by molar-refractivity contribution is 5.38. The molecule has 0 saturated heterocycles. The van der Waals surface area contributed by atoms with Gasteiger partial charge in [-0.05, 0) is 38.0 Å². The Balaban J connectivity index is 2.46. The first kappa shape index (κ1) is 12.6. The van der Waals surface area contributed by atoms with Crippen molar-refractivity contribution in [2.75, 3.05) is 6.61 Å². The van der Waals surface area contributed by atoms with Crippen LogP contribution in [0.3, 0.4) is 0 Å². The van der Waals surface area contributed by atoms with E-state index in [9.17, 15) is 4.79 Å². The fraction of sp³-hybridized carbons (Fsp3) is 0.267. The zero-order chi connectivity index (χ0) is 13.1. The van der Waals surface area contributed by atoms with Crippen LogP contribution in [0.15, 0.2) is 41.2 Å². The Kier molecular flexibility index (Phi) is 3.63. The number of hydrogen-bond donors (Lipinski definition) is 1. The number of hydrogen-bond acceptors (Lipinski definition) is 2. The van der Waals surface area contributed by atoms with Crippen LogP contribution in [-0.2, 0) is 6.42 Å². The third-order valence-electron chi connectivity index (χ3n) is 3.00. The number of pyridine rings is 1. The van der Waals surface area contributed by atoms with Crippen molar-refractivity contribution >= 4 is 0 Å². The van der Waals surface area contributed by atoms with Gasteiger partial charge in [-0.3, -0.25) is 4.79 Å². The topological polar surface area (TPSA) is 42.2 Å². The molecule has 1 N–H and O–H groups in total. The van der Waals surface area contributed by atoms with E-state index in [0.29, 0.717) is 6.42 Å². The van der Waals surface area contributed by atoms with Crippen LogP contribution in [0.5, 0.6) is 0 Å². The fourth-order valence-electron chi connectivity index (χ4n) is 2.21. The first-order valence-corrected chi connectivity index (χ1v) is 6.02. The van der Waals surface area contributed by atoms with Crippen molar-refractivity contribution < 1.29 is 5.11 Å². The summed E-state index contributed by atoms with van der Waals surface area (Å²) in [5.41, 5.74) is 4.03. The Hall–Kier alpha value is -1.87. The Morgan fingerprint density at radius 3 is 2.11 bits per heavy atom. The van der Waals surface area contributed by atoms with Crippen LogP contribution >= 0.6 is 0 Å². The standard InChI is InChI=1S/C15H17NO2/c1-11-9-15(18)10-12(2)16(11)14-5-3-13(4-6-14)7-8-17/h3-6,9-10,17H,7-8H2,1-2H3. The second-order valence-electron chi connectivity index (χ2n) is 4.45. The zero-order valence-electron chi connectivity index (χ0n) is 10.7. The number of aromatic nitrogens is 1. The van der Waals surface area contributed by atoms with E-state index in [1.807, 2.05) is 42.7 Å². The van der Waals surface area contributed by atoms with Crippen LogP contribution < -0.4 is 5.43 Å². The number of benzene rings is 1. The molecule has 0 aliphatic carbocycles. The van der Waals surface area contributed by atoms with Gasteiger partial charge in [0.25, 0.3) is 0 Å². The quantitative estimate of drug-likeness (QED) is 0.895. The van der Waals surface area contributed by atoms with Crippen molar-refractivity contribution in [2.45, 2.75) is 20.3 Å². The van der Waals surface area contributed by atoms with Gasteiger partial charge in [-0.25, -0.2) is 0 Å². The summed E-state index contributed by atoms with van der Waals surface area (Å²) in [5.74, 6) is 0. The van der Waals surface area contributed by atoms with E-state index >= 15 is 0 Å². The van der Waals surface area contributed by atoms with Crippen LogP contribution in [0.25, 0.3) is 5.69 Å². The lowest BCUT2D eigenvalue weighted by Gasteiger charge is -2.14. The van der Waals surface area contributed by atoms with E-state index in [4.69, 9.17) is 5.11 Å².